The van der Waals surface area contributed by atoms with Gasteiger partial charge in [-0.25, -0.2) is 9.10 Å². The number of benzene rings is 1. The number of piperazine rings is 1. The van der Waals surface area contributed by atoms with Gasteiger partial charge in [0.25, 0.3) is 0 Å². The Labute approximate surface area is 321 Å². The summed E-state index contributed by atoms with van der Waals surface area (Å²) in [4.78, 5) is 14.3. The third-order valence-corrected chi connectivity index (χ3v) is 18.5. The first-order valence-corrected chi connectivity index (χ1v) is 22.0. The lowest BCUT2D eigenvalue weighted by Gasteiger charge is -2.72. The highest BCUT2D eigenvalue weighted by atomic mass is 32.2. The number of hydrogen-bond donors (Lipinski definition) is 2. The fourth-order valence-corrected chi connectivity index (χ4v) is 15.1. The first kappa shape index (κ1) is 38.7. The van der Waals surface area contributed by atoms with E-state index in [0.717, 1.165) is 24.8 Å². The van der Waals surface area contributed by atoms with Crippen LogP contribution in [0.2, 0.25) is 0 Å². The molecule has 1 saturated heterocycles. The van der Waals surface area contributed by atoms with Crippen molar-refractivity contribution in [2.24, 2.45) is 57.2 Å². The first-order valence-electron chi connectivity index (χ1n) is 21.1. The van der Waals surface area contributed by atoms with Crippen LogP contribution in [0.4, 0.5) is 0 Å². The van der Waals surface area contributed by atoms with Crippen molar-refractivity contribution >= 4 is 23.5 Å². The molecule has 9 atom stereocenters. The topological polar surface area (TPSA) is 55.8 Å². The highest BCUT2D eigenvalue weighted by molar-refractivity contribution is 7.97. The number of rotatable bonds is 10. The minimum atomic E-state index is -0.851. The van der Waals surface area contributed by atoms with E-state index in [9.17, 15) is 9.90 Å². The van der Waals surface area contributed by atoms with Gasteiger partial charge in [-0.15, -0.1) is 0 Å². The average Bonchev–Trinajstić information content (AvgIpc) is 3.48. The van der Waals surface area contributed by atoms with Crippen molar-refractivity contribution in [3.8, 4) is 0 Å². The Morgan fingerprint density at radius 2 is 1.63 bits per heavy atom. The number of fused-ring (bicyclic) bond motifs is 7. The van der Waals surface area contributed by atoms with Crippen molar-refractivity contribution in [1.29, 1.82) is 0 Å². The zero-order valence-corrected chi connectivity index (χ0v) is 34.8. The van der Waals surface area contributed by atoms with Crippen molar-refractivity contribution in [3.63, 3.8) is 0 Å². The van der Waals surface area contributed by atoms with Crippen molar-refractivity contribution in [1.82, 2.24) is 14.5 Å². The molecule has 7 rings (SSSR count). The summed E-state index contributed by atoms with van der Waals surface area (Å²) in [5.74, 6) is 4.55. The quantitative estimate of drug-likeness (QED) is 0.185. The van der Waals surface area contributed by atoms with Crippen molar-refractivity contribution in [3.05, 3.63) is 53.6 Å². The van der Waals surface area contributed by atoms with Crippen molar-refractivity contribution in [2.45, 2.75) is 119 Å². The first-order chi connectivity index (χ1) is 24.6. The molecule has 5 fully saturated rings. The van der Waals surface area contributed by atoms with Crippen LogP contribution >= 0.6 is 11.9 Å². The summed E-state index contributed by atoms with van der Waals surface area (Å²) >= 11 is 2.06. The Balaban J connectivity index is 1.09. The van der Waals surface area contributed by atoms with E-state index >= 15 is 0 Å². The highest BCUT2D eigenvalue weighted by Gasteiger charge is 2.70. The van der Waals surface area contributed by atoms with Crippen LogP contribution in [0.15, 0.2) is 42.5 Å². The number of carbonyl (C=O) groups is 1. The molecule has 1 heterocycles. The Kier molecular flexibility index (Phi) is 10.5. The lowest BCUT2D eigenvalue weighted by molar-refractivity contribution is -0.219. The molecule has 5 nitrogen and oxygen atoms in total. The zero-order chi connectivity index (χ0) is 37.3. The van der Waals surface area contributed by atoms with Crippen molar-refractivity contribution < 1.29 is 9.90 Å². The molecule has 2 N–H and O–H groups in total. The summed E-state index contributed by atoms with van der Waals surface area (Å²) in [5.41, 5.74) is 5.65. The number of aromatic carboxylic acids is 1. The summed E-state index contributed by atoms with van der Waals surface area (Å²) in [6.07, 6.45) is 14.3. The molecule has 0 spiro atoms. The third kappa shape index (κ3) is 6.30. The van der Waals surface area contributed by atoms with Gasteiger partial charge in [-0.1, -0.05) is 90.8 Å². The predicted octanol–water partition coefficient (Wildman–Crippen LogP) is 10.3. The monoisotopic (exact) mass is 730 g/mol. The van der Waals surface area contributed by atoms with Gasteiger partial charge >= 0.3 is 5.97 Å². The normalized spacial score (nSPS) is 40.3. The van der Waals surface area contributed by atoms with Gasteiger partial charge in [0.2, 0.25) is 0 Å². The summed E-state index contributed by atoms with van der Waals surface area (Å²) in [6, 6.07) is 7.68. The average molecular weight is 730 g/mol. The minimum Gasteiger partial charge on any atom is -0.478 e. The van der Waals surface area contributed by atoms with Crippen LogP contribution in [-0.2, 0) is 0 Å². The number of carboxylic acid groups (broad SMARTS) is 1. The molecule has 0 aromatic heterocycles. The number of hydrogen-bond acceptors (Lipinski definition) is 5. The Bertz CT molecular complexity index is 1530. The standard InChI is InChI=1S/C46H71N3O2S/c1-31(2)30-52-49-28-26-48(27-29-49)25-24-47-46-21-16-35(32(3)4)40(46)37-14-15-39-43(7)19-17-36(33-10-12-34(13-11-33)41(50)51)42(5,6)38(43)18-20-45(39,9)44(37,8)22-23-46/h10-13,17,31,35,37-40,47H,3,14-16,18-30H2,1-2,4-9H3,(H,50,51). The Hall–Kier alpha value is -1.60. The van der Waals surface area contributed by atoms with Gasteiger partial charge in [0.15, 0.2) is 0 Å². The number of nitrogens with one attached hydrogen (secondary N) is 1. The maximum atomic E-state index is 11.6. The maximum absolute atomic E-state index is 11.6. The van der Waals surface area contributed by atoms with E-state index in [0.29, 0.717) is 40.1 Å². The molecule has 1 aromatic rings. The van der Waals surface area contributed by atoms with Gasteiger partial charge in [-0.3, -0.25) is 4.90 Å². The molecule has 0 bridgehead atoms. The number of carboxylic acids is 1. The highest BCUT2D eigenvalue weighted by Crippen LogP contribution is 2.76. The van der Waals surface area contributed by atoms with Crippen LogP contribution in [0.1, 0.15) is 129 Å². The van der Waals surface area contributed by atoms with Gasteiger partial charge in [0.1, 0.15) is 0 Å². The molecule has 6 heteroatoms. The van der Waals surface area contributed by atoms with Gasteiger partial charge in [0, 0.05) is 50.6 Å². The van der Waals surface area contributed by atoms with Gasteiger partial charge in [0.05, 0.1) is 5.56 Å². The second kappa shape index (κ2) is 14.2. The predicted molar refractivity (Wildman–Crippen MR) is 219 cm³/mol. The molecule has 288 valence electrons. The van der Waals surface area contributed by atoms with Gasteiger partial charge in [-0.2, -0.15) is 0 Å². The fraction of sp³-hybridized carbons (Fsp3) is 0.761. The van der Waals surface area contributed by atoms with Crippen molar-refractivity contribution in [2.75, 3.05) is 45.0 Å². The second-order valence-electron chi connectivity index (χ2n) is 20.2. The van der Waals surface area contributed by atoms with E-state index in [1.807, 2.05) is 0 Å². The molecule has 52 heavy (non-hydrogen) atoms. The molecule has 4 saturated carbocycles. The molecule has 1 aliphatic heterocycles. The van der Waals surface area contributed by atoms with E-state index in [2.05, 4.69) is 107 Å². The van der Waals surface area contributed by atoms with Crippen LogP contribution in [0.3, 0.4) is 0 Å². The fourth-order valence-electron chi connectivity index (χ4n) is 14.1. The van der Waals surface area contributed by atoms with Crippen LogP contribution in [0.5, 0.6) is 0 Å². The lowest BCUT2D eigenvalue weighted by Crippen LogP contribution is -2.68. The van der Waals surface area contributed by atoms with Crippen LogP contribution in [0, 0.1) is 57.2 Å². The van der Waals surface area contributed by atoms with Crippen LogP contribution < -0.4 is 5.32 Å². The Morgan fingerprint density at radius 1 is 0.923 bits per heavy atom. The molecule has 6 aliphatic rings. The molecular formula is C46H71N3O2S. The van der Waals surface area contributed by atoms with Gasteiger partial charge < -0.3 is 10.4 Å². The minimum absolute atomic E-state index is 0.0402. The SMILES string of the molecule is C=C(C)C1CCC2(NCCN3CCN(SCC(C)C)CC3)CCC3(C)C(CCC4C5(C)CC=C(c6ccc(C(=O)O)cc6)C(C)(C)C5CCC43C)C12. The summed E-state index contributed by atoms with van der Waals surface area (Å²) in [7, 11) is 0. The molecule has 5 aliphatic carbocycles. The summed E-state index contributed by atoms with van der Waals surface area (Å²) < 4.78 is 2.60. The maximum Gasteiger partial charge on any atom is 0.335 e. The molecule has 0 amide bonds. The van der Waals surface area contributed by atoms with E-state index in [-0.39, 0.29) is 16.4 Å². The smallest absolute Gasteiger partial charge is 0.335 e. The summed E-state index contributed by atoms with van der Waals surface area (Å²) in [6.45, 7) is 31.9. The number of allylic oxidation sites excluding steroid dienone is 3. The summed E-state index contributed by atoms with van der Waals surface area (Å²) in [5, 5.41) is 13.9. The largest absolute Gasteiger partial charge is 0.478 e. The molecule has 1 aromatic carbocycles. The van der Waals surface area contributed by atoms with Crippen LogP contribution in [-0.4, -0.2) is 70.8 Å². The lowest BCUT2D eigenvalue weighted by atomic mass is 9.33. The molecular weight excluding hydrogens is 659 g/mol. The third-order valence-electron chi connectivity index (χ3n) is 16.9. The molecule has 9 unspecified atom stereocenters. The Morgan fingerprint density at radius 3 is 2.29 bits per heavy atom. The van der Waals surface area contributed by atoms with Gasteiger partial charge in [-0.05, 0) is 145 Å². The molecule has 0 radical (unpaired) electrons. The van der Waals surface area contributed by atoms with E-state index in [4.69, 9.17) is 0 Å². The zero-order valence-electron chi connectivity index (χ0n) is 34.0. The second-order valence-corrected chi connectivity index (χ2v) is 21.3. The van der Waals surface area contributed by atoms with E-state index in [1.165, 1.54) is 107 Å². The van der Waals surface area contributed by atoms with E-state index in [1.54, 1.807) is 12.1 Å². The number of nitrogens with zero attached hydrogens (tertiary/aromatic N) is 2. The van der Waals surface area contributed by atoms with Crippen LogP contribution in [0.25, 0.3) is 5.57 Å². The van der Waals surface area contributed by atoms with E-state index < -0.39 is 5.97 Å².